The van der Waals surface area contributed by atoms with E-state index in [0.717, 1.165) is 11.1 Å². The highest BCUT2D eigenvalue weighted by molar-refractivity contribution is 7.85. The van der Waals surface area contributed by atoms with Crippen molar-refractivity contribution in [3.05, 3.63) is 58.4 Å². The van der Waals surface area contributed by atoms with Crippen LogP contribution in [0.2, 0.25) is 0 Å². The molecule has 0 saturated heterocycles. The van der Waals surface area contributed by atoms with Crippen LogP contribution in [0.3, 0.4) is 0 Å². The van der Waals surface area contributed by atoms with E-state index in [1.54, 1.807) is 51.4 Å². The Hall–Kier alpha value is -2.45. The summed E-state index contributed by atoms with van der Waals surface area (Å²) in [4.78, 5) is 11.0. The smallest absolute Gasteiger partial charge is 0.338 e. The Labute approximate surface area is 147 Å². The van der Waals surface area contributed by atoms with E-state index in [0.29, 0.717) is 16.7 Å². The molecular formula is C17H22N2O5S. The second kappa shape index (κ2) is 8.09. The van der Waals surface area contributed by atoms with E-state index in [9.17, 15) is 17.8 Å². The zero-order valence-corrected chi connectivity index (χ0v) is 15.7. The van der Waals surface area contributed by atoms with E-state index in [1.807, 2.05) is 6.92 Å². The van der Waals surface area contributed by atoms with Gasteiger partial charge in [-0.05, 0) is 38.8 Å². The molecule has 25 heavy (non-hydrogen) atoms. The highest BCUT2D eigenvalue weighted by Crippen LogP contribution is 2.20. The molecule has 136 valence electrons. The predicted molar refractivity (Wildman–Crippen MR) is 91.5 cm³/mol. The number of esters is 1. The first-order chi connectivity index (χ1) is 11.5. The summed E-state index contributed by atoms with van der Waals surface area (Å²) in [6.07, 6.45) is 3.26. The third-order valence-electron chi connectivity index (χ3n) is 3.44. The van der Waals surface area contributed by atoms with Crippen LogP contribution in [0.4, 0.5) is 0 Å². The molecule has 0 aliphatic heterocycles. The fraction of sp³-hybridized carbons (Fsp3) is 0.294. The summed E-state index contributed by atoms with van der Waals surface area (Å²) in [6.45, 7) is 6.92. The SMILES string of the molecule is COC(=O)c1cc[n+](N)cc1C.Cc1cc(C)c(S(=O)(=O)[O-])c(C)c1. The van der Waals surface area contributed by atoms with Gasteiger partial charge in [-0.25, -0.2) is 19.1 Å². The second-order valence-corrected chi connectivity index (χ2v) is 6.98. The van der Waals surface area contributed by atoms with Crippen LogP contribution < -0.4 is 10.5 Å². The van der Waals surface area contributed by atoms with Crippen LogP contribution in [0.1, 0.15) is 32.6 Å². The van der Waals surface area contributed by atoms with Gasteiger partial charge in [0.15, 0.2) is 6.20 Å². The van der Waals surface area contributed by atoms with Crippen molar-refractivity contribution in [1.82, 2.24) is 0 Å². The standard InChI is InChI=1S/C9H12O3S.C8H10N2O2/c1-6-4-7(2)9(8(3)5-6)13(10,11)12;1-6-5-10(9)4-3-7(6)8(11)12-2/h4-5H,1-3H3,(H,10,11,12);3-5H,1-2H3,(H-,9,11). The molecule has 1 aromatic heterocycles. The average molecular weight is 366 g/mol. The lowest BCUT2D eigenvalue weighted by molar-refractivity contribution is -0.639. The van der Waals surface area contributed by atoms with E-state index >= 15 is 0 Å². The van der Waals surface area contributed by atoms with Crippen molar-refractivity contribution in [2.45, 2.75) is 32.6 Å². The quantitative estimate of drug-likeness (QED) is 0.371. The number of benzene rings is 1. The number of aromatic nitrogens is 1. The molecule has 0 aliphatic carbocycles. The van der Waals surface area contributed by atoms with Gasteiger partial charge in [-0.2, -0.15) is 0 Å². The van der Waals surface area contributed by atoms with Crippen LogP contribution in [-0.2, 0) is 14.9 Å². The van der Waals surface area contributed by atoms with Gasteiger partial charge in [-0.3, -0.25) is 0 Å². The summed E-state index contributed by atoms with van der Waals surface area (Å²) in [5, 5.41) is 0. The van der Waals surface area contributed by atoms with Gasteiger partial charge >= 0.3 is 5.97 Å². The highest BCUT2D eigenvalue weighted by atomic mass is 32.2. The number of carbonyl (C=O) groups excluding carboxylic acids is 1. The minimum atomic E-state index is -4.33. The van der Waals surface area contributed by atoms with Gasteiger partial charge in [0.2, 0.25) is 6.20 Å². The zero-order chi connectivity index (χ0) is 19.4. The summed E-state index contributed by atoms with van der Waals surface area (Å²) in [5.41, 5.74) is 3.34. The van der Waals surface area contributed by atoms with Crippen molar-refractivity contribution in [3.8, 4) is 0 Å². The van der Waals surface area contributed by atoms with Gasteiger partial charge in [-0.1, -0.05) is 22.4 Å². The molecule has 0 amide bonds. The van der Waals surface area contributed by atoms with Gasteiger partial charge < -0.3 is 9.29 Å². The second-order valence-electron chi connectivity index (χ2n) is 5.66. The van der Waals surface area contributed by atoms with Crippen molar-refractivity contribution in [2.75, 3.05) is 13.0 Å². The Kier molecular flexibility index (Phi) is 6.66. The van der Waals surface area contributed by atoms with E-state index in [2.05, 4.69) is 4.74 Å². The molecular weight excluding hydrogens is 344 g/mol. The van der Waals surface area contributed by atoms with Gasteiger partial charge in [-0.15, -0.1) is 0 Å². The van der Waals surface area contributed by atoms with Gasteiger partial charge in [0.05, 0.1) is 17.6 Å². The number of methoxy groups -OCH3 is 1. The number of hydrogen-bond donors (Lipinski definition) is 1. The molecule has 2 N–H and O–H groups in total. The van der Waals surface area contributed by atoms with Crippen LogP contribution >= 0.6 is 0 Å². The molecule has 0 fully saturated rings. The maximum Gasteiger partial charge on any atom is 0.338 e. The maximum absolute atomic E-state index is 11.1. The Morgan fingerprint density at radius 2 is 1.64 bits per heavy atom. The van der Waals surface area contributed by atoms with Crippen molar-refractivity contribution >= 4 is 16.1 Å². The molecule has 2 aromatic rings. The monoisotopic (exact) mass is 366 g/mol. The lowest BCUT2D eigenvalue weighted by Crippen LogP contribution is -2.44. The molecule has 0 bridgehead atoms. The molecule has 2 rings (SSSR count). The van der Waals surface area contributed by atoms with Gasteiger partial charge in [0.1, 0.15) is 10.1 Å². The van der Waals surface area contributed by atoms with Crippen molar-refractivity contribution < 1.29 is 27.2 Å². The minimum Gasteiger partial charge on any atom is -0.744 e. The summed E-state index contributed by atoms with van der Waals surface area (Å²) in [7, 11) is -2.98. The molecule has 0 radical (unpaired) electrons. The highest BCUT2D eigenvalue weighted by Gasteiger charge is 2.11. The van der Waals surface area contributed by atoms with Crippen LogP contribution in [-0.4, -0.2) is 26.0 Å². The first kappa shape index (κ1) is 20.6. The van der Waals surface area contributed by atoms with Crippen molar-refractivity contribution in [2.24, 2.45) is 0 Å². The fourth-order valence-corrected chi connectivity index (χ4v) is 3.43. The van der Waals surface area contributed by atoms with Crippen LogP contribution in [0.25, 0.3) is 0 Å². The number of rotatable bonds is 2. The molecule has 0 atom stereocenters. The molecule has 0 spiro atoms. The lowest BCUT2D eigenvalue weighted by atomic mass is 10.1. The minimum absolute atomic E-state index is 0.0851. The van der Waals surface area contributed by atoms with Gasteiger partial charge in [0, 0.05) is 11.6 Å². The number of ether oxygens (including phenoxy) is 1. The van der Waals surface area contributed by atoms with Crippen LogP contribution in [0.15, 0.2) is 35.5 Å². The lowest BCUT2D eigenvalue weighted by Gasteiger charge is -2.14. The number of carbonyl (C=O) groups is 1. The molecule has 1 heterocycles. The zero-order valence-electron chi connectivity index (χ0n) is 14.9. The number of nitrogens with two attached hydrogens (primary N) is 1. The first-order valence-corrected chi connectivity index (χ1v) is 8.77. The Bertz CT molecular complexity index is 869. The Morgan fingerprint density at radius 3 is 2.04 bits per heavy atom. The summed E-state index contributed by atoms with van der Waals surface area (Å²) < 4.78 is 38.4. The third-order valence-corrected chi connectivity index (χ3v) is 4.58. The van der Waals surface area contributed by atoms with Crippen LogP contribution in [0, 0.1) is 27.7 Å². The predicted octanol–water partition coefficient (Wildman–Crippen LogP) is 1.30. The number of hydrogen-bond acceptors (Lipinski definition) is 6. The normalized spacial score (nSPS) is 10.6. The topological polar surface area (TPSA) is 113 Å². The largest absolute Gasteiger partial charge is 0.744 e. The summed E-state index contributed by atoms with van der Waals surface area (Å²) in [5.74, 6) is 5.09. The van der Waals surface area contributed by atoms with E-state index < -0.39 is 10.1 Å². The molecule has 0 aliphatic rings. The van der Waals surface area contributed by atoms with Crippen molar-refractivity contribution in [1.29, 1.82) is 0 Å². The number of pyridine rings is 1. The molecule has 1 aromatic carbocycles. The number of aryl methyl sites for hydroxylation is 4. The van der Waals surface area contributed by atoms with Crippen molar-refractivity contribution in [3.63, 3.8) is 0 Å². The fourth-order valence-electron chi connectivity index (χ4n) is 2.53. The van der Waals surface area contributed by atoms with Crippen LogP contribution in [0.5, 0.6) is 0 Å². The van der Waals surface area contributed by atoms with Gasteiger partial charge in [0.25, 0.3) is 0 Å². The number of nitrogen functional groups attached to an aromatic ring is 1. The van der Waals surface area contributed by atoms with E-state index in [4.69, 9.17) is 5.84 Å². The Balaban J connectivity index is 0.000000251. The average Bonchev–Trinajstić information content (AvgIpc) is 2.44. The first-order valence-electron chi connectivity index (χ1n) is 7.36. The van der Waals surface area contributed by atoms with E-state index in [-0.39, 0.29) is 10.9 Å². The number of nitrogens with zero attached hydrogens (tertiary/aromatic N) is 1. The molecule has 8 heteroatoms. The summed E-state index contributed by atoms with van der Waals surface area (Å²) >= 11 is 0. The summed E-state index contributed by atoms with van der Waals surface area (Å²) in [6, 6.07) is 5.01. The Morgan fingerprint density at radius 1 is 1.12 bits per heavy atom. The molecule has 0 saturated carbocycles. The van der Waals surface area contributed by atoms with E-state index in [1.165, 1.54) is 11.8 Å². The third kappa shape index (κ3) is 5.54. The molecule has 0 unspecified atom stereocenters. The molecule has 7 nitrogen and oxygen atoms in total. The maximum atomic E-state index is 11.1.